The third-order valence-corrected chi connectivity index (χ3v) is 5.36. The van der Waals surface area contributed by atoms with Crippen LogP contribution in [0.2, 0.25) is 5.02 Å². The highest BCUT2D eigenvalue weighted by atomic mass is 35.5. The Labute approximate surface area is 168 Å². The van der Waals surface area contributed by atoms with Gasteiger partial charge in [0.25, 0.3) is 0 Å². The smallest absolute Gasteiger partial charge is 0.130 e. The van der Waals surface area contributed by atoms with E-state index < -0.39 is 5.82 Å². The third-order valence-electron chi connectivity index (χ3n) is 5.14. The number of rotatable bonds is 5. The highest BCUT2D eigenvalue weighted by Gasteiger charge is 2.18. The molecule has 0 amide bonds. The Kier molecular flexibility index (Phi) is 5.47. The fraction of sp³-hybridized carbons (Fsp3) is 0.318. The average molecular weight is 402 g/mol. The van der Waals surface area contributed by atoms with Gasteiger partial charge in [-0.2, -0.15) is 0 Å². The number of H-pyrrole nitrogens is 1. The molecule has 0 atom stereocenters. The Balaban J connectivity index is 1.51. The molecule has 4 rings (SSSR count). The molecule has 3 nitrogen and oxygen atoms in total. The molecule has 0 saturated carbocycles. The van der Waals surface area contributed by atoms with Crippen molar-refractivity contribution in [3.05, 3.63) is 70.0 Å². The Morgan fingerprint density at radius 1 is 1.21 bits per heavy atom. The Hall–Kier alpha value is -2.24. The fourth-order valence-electron chi connectivity index (χ4n) is 3.79. The Bertz CT molecular complexity index is 1040. The molecule has 0 spiro atoms. The molecule has 28 heavy (non-hydrogen) atoms. The van der Waals surface area contributed by atoms with Crippen molar-refractivity contribution in [2.24, 2.45) is 0 Å². The van der Waals surface area contributed by atoms with Crippen LogP contribution in [0.5, 0.6) is 0 Å². The lowest BCUT2D eigenvalue weighted by atomic mass is 9.99. The highest BCUT2D eigenvalue weighted by molar-refractivity contribution is 6.31. The number of imidazole rings is 1. The molecule has 1 aliphatic rings. The summed E-state index contributed by atoms with van der Waals surface area (Å²) in [6.45, 7) is 4.25. The van der Waals surface area contributed by atoms with Gasteiger partial charge >= 0.3 is 0 Å². The van der Waals surface area contributed by atoms with E-state index in [2.05, 4.69) is 16.8 Å². The van der Waals surface area contributed by atoms with E-state index in [9.17, 15) is 8.78 Å². The summed E-state index contributed by atoms with van der Waals surface area (Å²) in [5.74, 6) is 0.102. The number of hydrogen-bond donors (Lipinski definition) is 1. The first-order chi connectivity index (χ1) is 13.5. The van der Waals surface area contributed by atoms with E-state index in [-0.39, 0.29) is 5.82 Å². The Morgan fingerprint density at radius 2 is 2.07 bits per heavy atom. The van der Waals surface area contributed by atoms with Crippen LogP contribution in [0.25, 0.3) is 16.6 Å². The van der Waals surface area contributed by atoms with E-state index in [1.54, 1.807) is 0 Å². The first-order valence-corrected chi connectivity index (χ1v) is 9.95. The number of hydrogen-bond acceptors (Lipinski definition) is 2. The van der Waals surface area contributed by atoms with Crippen molar-refractivity contribution in [3.63, 3.8) is 0 Å². The summed E-state index contributed by atoms with van der Waals surface area (Å²) in [4.78, 5) is 10.4. The number of nitrogens with one attached hydrogen (secondary N) is 1. The second-order valence-electron chi connectivity index (χ2n) is 7.23. The minimum atomic E-state index is -0.413. The van der Waals surface area contributed by atoms with Crippen molar-refractivity contribution in [2.45, 2.75) is 32.7 Å². The van der Waals surface area contributed by atoms with Gasteiger partial charge in [0.05, 0.1) is 17.6 Å². The molecule has 6 heteroatoms. The molecular formula is C22H22ClF2N3. The van der Waals surface area contributed by atoms with E-state index in [0.717, 1.165) is 53.4 Å². The van der Waals surface area contributed by atoms with Crippen LogP contribution in [0, 0.1) is 11.6 Å². The van der Waals surface area contributed by atoms with Gasteiger partial charge in [0.15, 0.2) is 0 Å². The number of halogens is 3. The summed E-state index contributed by atoms with van der Waals surface area (Å²) in [6.07, 6.45) is 4.63. The maximum absolute atomic E-state index is 14.0. The molecule has 0 radical (unpaired) electrons. The fourth-order valence-corrected chi connectivity index (χ4v) is 4.03. The summed E-state index contributed by atoms with van der Waals surface area (Å²) in [7, 11) is 0. The predicted octanol–water partition coefficient (Wildman–Crippen LogP) is 5.74. The molecule has 2 heterocycles. The maximum atomic E-state index is 14.0. The van der Waals surface area contributed by atoms with Crippen LogP contribution in [-0.4, -0.2) is 28.0 Å². The number of benzene rings is 2. The van der Waals surface area contributed by atoms with Gasteiger partial charge < -0.3 is 4.98 Å². The lowest BCUT2D eigenvalue weighted by Gasteiger charge is -2.25. The van der Waals surface area contributed by atoms with Gasteiger partial charge in [-0.3, -0.25) is 4.90 Å². The van der Waals surface area contributed by atoms with Crippen LogP contribution >= 0.6 is 11.6 Å². The van der Waals surface area contributed by atoms with E-state index in [1.165, 1.54) is 12.1 Å². The van der Waals surface area contributed by atoms with Crippen molar-refractivity contribution in [2.75, 3.05) is 13.1 Å². The second kappa shape index (κ2) is 8.02. The molecule has 0 unspecified atom stereocenters. The van der Waals surface area contributed by atoms with E-state index in [4.69, 9.17) is 16.6 Å². The van der Waals surface area contributed by atoms with Gasteiger partial charge in [0.1, 0.15) is 17.5 Å². The molecule has 1 aliphatic heterocycles. The summed E-state index contributed by atoms with van der Waals surface area (Å²) >= 11 is 6.24. The molecule has 0 bridgehead atoms. The molecule has 3 aromatic rings. The van der Waals surface area contributed by atoms with E-state index in [0.29, 0.717) is 30.1 Å². The predicted molar refractivity (Wildman–Crippen MR) is 109 cm³/mol. The summed E-state index contributed by atoms with van der Waals surface area (Å²) in [6, 6.07) is 7.50. The first kappa shape index (κ1) is 19.1. The van der Waals surface area contributed by atoms with Gasteiger partial charge in [-0.1, -0.05) is 31.0 Å². The molecule has 0 fully saturated rings. The van der Waals surface area contributed by atoms with Gasteiger partial charge in [-0.25, -0.2) is 13.8 Å². The summed E-state index contributed by atoms with van der Waals surface area (Å²) in [5.41, 5.74) is 4.32. The van der Waals surface area contributed by atoms with Crippen molar-refractivity contribution in [1.29, 1.82) is 0 Å². The van der Waals surface area contributed by atoms with Crippen molar-refractivity contribution >= 4 is 28.2 Å². The monoisotopic (exact) mass is 401 g/mol. The van der Waals surface area contributed by atoms with Crippen LogP contribution in [-0.2, 0) is 13.0 Å². The topological polar surface area (TPSA) is 31.9 Å². The SMILES string of the molecule is CCCc1cc(Cl)cc2[nH]c(CN3CC=C(c4cc(F)ccc4F)CC3)nc12. The zero-order valence-electron chi connectivity index (χ0n) is 15.7. The molecule has 1 N–H and O–H groups in total. The van der Waals surface area contributed by atoms with Crippen LogP contribution in [0.3, 0.4) is 0 Å². The third kappa shape index (κ3) is 3.96. The standard InChI is InChI=1S/C22H22ClF2N3/c1-2-3-15-10-16(23)11-20-22(15)27-21(26-20)13-28-8-6-14(7-9-28)18-12-17(24)4-5-19(18)25/h4-6,10-12H,2-3,7-9,13H2,1H3,(H,26,27). The lowest BCUT2D eigenvalue weighted by Crippen LogP contribution is -2.28. The molecule has 146 valence electrons. The van der Waals surface area contributed by atoms with Gasteiger partial charge in [-0.15, -0.1) is 0 Å². The normalized spacial score (nSPS) is 15.2. The summed E-state index contributed by atoms with van der Waals surface area (Å²) < 4.78 is 27.5. The number of aromatic amines is 1. The van der Waals surface area contributed by atoms with Gasteiger partial charge in [0.2, 0.25) is 0 Å². The van der Waals surface area contributed by atoms with Crippen LogP contribution in [0.15, 0.2) is 36.4 Å². The van der Waals surface area contributed by atoms with E-state index >= 15 is 0 Å². The molecule has 0 saturated heterocycles. The Morgan fingerprint density at radius 3 is 2.82 bits per heavy atom. The van der Waals surface area contributed by atoms with Crippen LogP contribution in [0.4, 0.5) is 8.78 Å². The van der Waals surface area contributed by atoms with Crippen molar-refractivity contribution in [3.8, 4) is 0 Å². The minimum absolute atomic E-state index is 0.363. The highest BCUT2D eigenvalue weighted by Crippen LogP contribution is 2.27. The lowest BCUT2D eigenvalue weighted by molar-refractivity contribution is 0.287. The van der Waals surface area contributed by atoms with Crippen LogP contribution in [0.1, 0.15) is 36.7 Å². The zero-order chi connectivity index (χ0) is 19.7. The summed E-state index contributed by atoms with van der Waals surface area (Å²) in [5, 5.41) is 0.716. The quantitative estimate of drug-likeness (QED) is 0.591. The first-order valence-electron chi connectivity index (χ1n) is 9.57. The number of fused-ring (bicyclic) bond motifs is 1. The molecule has 1 aromatic heterocycles. The molecule has 2 aromatic carbocycles. The number of nitrogens with zero attached hydrogens (tertiary/aromatic N) is 2. The van der Waals surface area contributed by atoms with Crippen molar-refractivity contribution in [1.82, 2.24) is 14.9 Å². The molecule has 0 aliphatic carbocycles. The zero-order valence-corrected chi connectivity index (χ0v) is 16.5. The molecular weight excluding hydrogens is 380 g/mol. The van der Waals surface area contributed by atoms with Crippen molar-refractivity contribution < 1.29 is 8.78 Å². The minimum Gasteiger partial charge on any atom is -0.341 e. The number of aryl methyl sites for hydroxylation is 1. The maximum Gasteiger partial charge on any atom is 0.130 e. The van der Waals surface area contributed by atoms with Gasteiger partial charge in [0, 0.05) is 23.7 Å². The number of aromatic nitrogens is 2. The van der Waals surface area contributed by atoms with Crippen LogP contribution < -0.4 is 0 Å². The van der Waals surface area contributed by atoms with E-state index in [1.807, 2.05) is 18.2 Å². The largest absolute Gasteiger partial charge is 0.341 e. The van der Waals surface area contributed by atoms with Gasteiger partial charge in [-0.05, 0) is 54.3 Å². The average Bonchev–Trinajstić information content (AvgIpc) is 3.07. The second-order valence-corrected chi connectivity index (χ2v) is 7.67.